The van der Waals surface area contributed by atoms with Gasteiger partial charge in [0.15, 0.2) is 0 Å². The van der Waals surface area contributed by atoms with Crippen LogP contribution < -0.4 is 5.32 Å². The number of rotatable bonds is 6. The van der Waals surface area contributed by atoms with Crippen molar-refractivity contribution < 1.29 is 19.6 Å². The SMILES string of the molecule is CC(=O)N[C@@H](CSc1ccncc1[N+](=O)[O-])C(=O)O. The molecule has 1 atom stereocenters. The number of carboxylic acid groups (broad SMARTS) is 1. The molecule has 0 fully saturated rings. The summed E-state index contributed by atoms with van der Waals surface area (Å²) < 4.78 is 0. The number of nitro groups is 1. The Kier molecular flexibility index (Phi) is 5.24. The number of aromatic nitrogens is 1. The summed E-state index contributed by atoms with van der Waals surface area (Å²) in [4.78, 5) is 35.8. The molecule has 1 rings (SSSR count). The van der Waals surface area contributed by atoms with Crippen LogP contribution in [0.15, 0.2) is 23.4 Å². The van der Waals surface area contributed by atoms with E-state index >= 15 is 0 Å². The van der Waals surface area contributed by atoms with Crippen molar-refractivity contribution in [3.63, 3.8) is 0 Å². The molecule has 1 amide bonds. The third-order valence-corrected chi connectivity index (χ3v) is 3.20. The van der Waals surface area contributed by atoms with Crippen molar-refractivity contribution in [2.45, 2.75) is 17.9 Å². The van der Waals surface area contributed by atoms with Gasteiger partial charge in [-0.25, -0.2) is 4.79 Å². The minimum absolute atomic E-state index is 0.0141. The summed E-state index contributed by atoms with van der Waals surface area (Å²) in [5.41, 5.74) is -0.195. The molecule has 2 N–H and O–H groups in total. The molecule has 0 bridgehead atoms. The average Bonchev–Trinajstić information content (AvgIpc) is 2.34. The molecule has 0 unspecified atom stereocenters. The van der Waals surface area contributed by atoms with E-state index < -0.39 is 22.8 Å². The lowest BCUT2D eigenvalue weighted by Crippen LogP contribution is -2.41. The van der Waals surface area contributed by atoms with Crippen LogP contribution in [-0.2, 0) is 9.59 Å². The fraction of sp³-hybridized carbons (Fsp3) is 0.300. The average molecular weight is 285 g/mol. The lowest BCUT2D eigenvalue weighted by molar-refractivity contribution is -0.388. The molecule has 0 aliphatic heterocycles. The van der Waals surface area contributed by atoms with Crippen molar-refractivity contribution in [3.8, 4) is 0 Å². The van der Waals surface area contributed by atoms with Crippen LogP contribution in [0.5, 0.6) is 0 Å². The summed E-state index contributed by atoms with van der Waals surface area (Å²) in [5, 5.41) is 21.9. The number of carbonyl (C=O) groups excluding carboxylic acids is 1. The second-order valence-electron chi connectivity index (χ2n) is 3.50. The Morgan fingerprint density at radius 3 is 2.84 bits per heavy atom. The third kappa shape index (κ3) is 4.54. The van der Waals surface area contributed by atoms with Crippen LogP contribution in [0.4, 0.5) is 5.69 Å². The van der Waals surface area contributed by atoms with Gasteiger partial charge < -0.3 is 10.4 Å². The molecule has 0 saturated heterocycles. The van der Waals surface area contributed by atoms with E-state index in [1.807, 2.05) is 0 Å². The number of nitrogens with one attached hydrogen (secondary N) is 1. The molecule has 0 aromatic carbocycles. The number of aliphatic carboxylic acids is 1. The molecule has 1 aromatic heterocycles. The van der Waals surface area contributed by atoms with Gasteiger partial charge in [0.2, 0.25) is 5.91 Å². The smallest absolute Gasteiger partial charge is 0.327 e. The van der Waals surface area contributed by atoms with Gasteiger partial charge in [0.25, 0.3) is 0 Å². The Morgan fingerprint density at radius 2 is 2.32 bits per heavy atom. The van der Waals surface area contributed by atoms with Gasteiger partial charge in [-0.2, -0.15) is 0 Å². The predicted octanol–water partition coefficient (Wildman–Crippen LogP) is 0.671. The molecule has 19 heavy (non-hydrogen) atoms. The number of amides is 1. The minimum Gasteiger partial charge on any atom is -0.480 e. The first-order chi connectivity index (χ1) is 8.91. The zero-order valence-electron chi connectivity index (χ0n) is 9.90. The van der Waals surface area contributed by atoms with Crippen molar-refractivity contribution in [1.29, 1.82) is 0 Å². The summed E-state index contributed by atoms with van der Waals surface area (Å²) in [6, 6.07) is 0.324. The molecule has 1 aromatic rings. The van der Waals surface area contributed by atoms with Gasteiger partial charge in [0.05, 0.1) is 9.82 Å². The fourth-order valence-electron chi connectivity index (χ4n) is 1.23. The third-order valence-electron chi connectivity index (χ3n) is 2.04. The van der Waals surface area contributed by atoms with Crippen molar-refractivity contribution in [3.05, 3.63) is 28.6 Å². The van der Waals surface area contributed by atoms with Gasteiger partial charge >= 0.3 is 11.7 Å². The lowest BCUT2D eigenvalue weighted by Gasteiger charge is -2.12. The zero-order chi connectivity index (χ0) is 14.4. The summed E-state index contributed by atoms with van der Waals surface area (Å²) >= 11 is 0.977. The van der Waals surface area contributed by atoms with Crippen molar-refractivity contribution >= 4 is 29.3 Å². The summed E-state index contributed by atoms with van der Waals surface area (Å²) in [6.45, 7) is 1.20. The van der Waals surface area contributed by atoms with E-state index in [0.29, 0.717) is 4.90 Å². The van der Waals surface area contributed by atoms with E-state index in [0.717, 1.165) is 18.0 Å². The Morgan fingerprint density at radius 1 is 1.63 bits per heavy atom. The second kappa shape index (κ2) is 6.69. The maximum Gasteiger partial charge on any atom is 0.327 e. The first-order valence-corrected chi connectivity index (χ1v) is 6.11. The number of thioether (sulfide) groups is 1. The van der Waals surface area contributed by atoms with Crippen LogP contribution in [0.3, 0.4) is 0 Å². The van der Waals surface area contributed by atoms with E-state index in [1.165, 1.54) is 19.2 Å². The number of hydrogen-bond acceptors (Lipinski definition) is 6. The van der Waals surface area contributed by atoms with Gasteiger partial charge in [0, 0.05) is 18.9 Å². The van der Waals surface area contributed by atoms with Crippen molar-refractivity contribution in [2.24, 2.45) is 0 Å². The number of pyridine rings is 1. The normalized spacial score (nSPS) is 11.6. The summed E-state index contributed by atoms with van der Waals surface area (Å²) in [6.07, 6.45) is 2.47. The Bertz CT molecular complexity index is 508. The number of carboxylic acids is 1. The van der Waals surface area contributed by atoms with E-state index in [4.69, 9.17) is 5.11 Å². The highest BCUT2D eigenvalue weighted by atomic mass is 32.2. The molecule has 0 spiro atoms. The largest absolute Gasteiger partial charge is 0.480 e. The maximum absolute atomic E-state index is 10.9. The van der Waals surface area contributed by atoms with E-state index in [2.05, 4.69) is 10.3 Å². The quantitative estimate of drug-likeness (QED) is 0.447. The van der Waals surface area contributed by atoms with Crippen molar-refractivity contribution in [1.82, 2.24) is 10.3 Å². The second-order valence-corrected chi connectivity index (χ2v) is 4.56. The molecule has 8 nitrogen and oxygen atoms in total. The van der Waals surface area contributed by atoms with Crippen LogP contribution in [0.2, 0.25) is 0 Å². The first-order valence-electron chi connectivity index (χ1n) is 5.13. The van der Waals surface area contributed by atoms with Crippen LogP contribution in [0.25, 0.3) is 0 Å². The van der Waals surface area contributed by atoms with Crippen molar-refractivity contribution in [2.75, 3.05) is 5.75 Å². The highest BCUT2D eigenvalue weighted by molar-refractivity contribution is 7.99. The number of hydrogen-bond donors (Lipinski definition) is 2. The standard InChI is InChI=1S/C10H11N3O5S/c1-6(14)12-7(10(15)16)5-19-9-2-3-11-4-8(9)13(17)18/h2-4,7H,5H2,1H3,(H,12,14)(H,15,16)/t7-/m0/s1. The molecule has 9 heteroatoms. The van der Waals surface area contributed by atoms with Crippen LogP contribution in [0.1, 0.15) is 6.92 Å². The predicted molar refractivity (Wildman–Crippen MR) is 66.9 cm³/mol. The van der Waals surface area contributed by atoms with Crippen LogP contribution >= 0.6 is 11.8 Å². The molecule has 0 radical (unpaired) electrons. The molecule has 0 aliphatic carbocycles. The van der Waals surface area contributed by atoms with Gasteiger partial charge in [-0.05, 0) is 6.07 Å². The van der Waals surface area contributed by atoms with E-state index in [-0.39, 0.29) is 11.4 Å². The van der Waals surface area contributed by atoms with Gasteiger partial charge in [-0.1, -0.05) is 0 Å². The zero-order valence-corrected chi connectivity index (χ0v) is 10.7. The monoisotopic (exact) mass is 285 g/mol. The first kappa shape index (κ1) is 14.9. The molecule has 1 heterocycles. The summed E-state index contributed by atoms with van der Waals surface area (Å²) in [7, 11) is 0. The minimum atomic E-state index is -1.19. The molecule has 102 valence electrons. The topological polar surface area (TPSA) is 122 Å². The number of carbonyl (C=O) groups is 2. The molecule has 0 aliphatic rings. The van der Waals surface area contributed by atoms with Crippen LogP contribution in [0, 0.1) is 10.1 Å². The molecular formula is C10H11N3O5S. The maximum atomic E-state index is 10.9. The fourth-order valence-corrected chi connectivity index (χ4v) is 2.23. The van der Waals surface area contributed by atoms with Gasteiger partial charge in [-0.3, -0.25) is 19.9 Å². The van der Waals surface area contributed by atoms with Gasteiger partial charge in [0.1, 0.15) is 12.2 Å². The lowest BCUT2D eigenvalue weighted by atomic mass is 10.3. The highest BCUT2D eigenvalue weighted by Gasteiger charge is 2.21. The Hall–Kier alpha value is -2.16. The molecule has 0 saturated carbocycles. The van der Waals surface area contributed by atoms with Crippen LogP contribution in [-0.4, -0.2) is 38.7 Å². The molecular weight excluding hydrogens is 274 g/mol. The summed E-state index contributed by atoms with van der Waals surface area (Å²) in [5.74, 6) is -1.68. The van der Waals surface area contributed by atoms with E-state index in [9.17, 15) is 19.7 Å². The Balaban J connectivity index is 2.77. The number of nitrogens with zero attached hydrogens (tertiary/aromatic N) is 2. The highest BCUT2D eigenvalue weighted by Crippen LogP contribution is 2.28. The van der Waals surface area contributed by atoms with E-state index in [1.54, 1.807) is 0 Å². The Labute approximate surface area is 112 Å². The van der Waals surface area contributed by atoms with Gasteiger partial charge in [-0.15, -0.1) is 11.8 Å².